The van der Waals surface area contributed by atoms with Crippen molar-refractivity contribution in [2.75, 3.05) is 19.0 Å². The largest absolute Gasteiger partial charge is 0.293 e. The molecule has 0 atom stereocenters. The summed E-state index contributed by atoms with van der Waals surface area (Å²) in [5.41, 5.74) is 2.43. The minimum Gasteiger partial charge on any atom is -0.266 e. The van der Waals surface area contributed by atoms with E-state index in [9.17, 15) is 8.42 Å². The van der Waals surface area contributed by atoms with Gasteiger partial charge in [-0.25, -0.2) is 13.4 Å². The van der Waals surface area contributed by atoms with E-state index in [1.165, 1.54) is 0 Å². The van der Waals surface area contributed by atoms with Crippen LogP contribution < -0.4 is 9.88 Å². The molecule has 1 aromatic carbocycles. The molecule has 0 unspecified atom stereocenters. The highest BCUT2D eigenvalue weighted by Crippen LogP contribution is 2.31. The molecule has 0 radical (unpaired) electrons. The second-order valence-corrected chi connectivity index (χ2v) is 7.33. The molecule has 2 rings (SSSR count). The van der Waals surface area contributed by atoms with Gasteiger partial charge >= 0.3 is 0 Å². The molecule has 0 aliphatic rings. The first-order valence-electron chi connectivity index (χ1n) is 6.76. The number of nitrogens with zero attached hydrogens (tertiary/aromatic N) is 1. The summed E-state index contributed by atoms with van der Waals surface area (Å²) in [5, 5.41) is 0. The molecule has 5 heteroatoms. The number of nitrogens with one attached hydrogen (secondary N) is 1. The Hall–Kier alpha value is -1.88. The van der Waals surface area contributed by atoms with Gasteiger partial charge in [0.05, 0.1) is 24.7 Å². The molecule has 0 fully saturated rings. The van der Waals surface area contributed by atoms with Gasteiger partial charge in [0, 0.05) is 0 Å². The van der Waals surface area contributed by atoms with Crippen molar-refractivity contribution >= 4 is 15.7 Å². The Bertz CT molecular complexity index is 781. The van der Waals surface area contributed by atoms with Crippen LogP contribution in [0.25, 0.3) is 0 Å². The van der Waals surface area contributed by atoms with Crippen LogP contribution in [0.5, 0.6) is 0 Å². The second-order valence-electron chi connectivity index (χ2n) is 5.48. The summed E-state index contributed by atoms with van der Waals surface area (Å²) in [5.74, 6) is 0.607. The summed E-state index contributed by atoms with van der Waals surface area (Å²) in [6, 6.07) is 8.93. The Labute approximate surface area is 126 Å². The summed E-state index contributed by atoms with van der Waals surface area (Å²) in [4.78, 5) is 5.65. The standard InChI is InChI=1S/C16H20N2O2S/c1-11-8-6-7-9-14(11)21(19,20)15-12(2)10-13(3)17-16(15)18(4)5/h6-10H,1-5H3/p+1. The van der Waals surface area contributed by atoms with Gasteiger partial charge in [-0.2, -0.15) is 0 Å². The predicted octanol–water partition coefficient (Wildman–Crippen LogP) is 2.32. The lowest BCUT2D eigenvalue weighted by molar-refractivity contribution is -0.376. The zero-order valence-electron chi connectivity index (χ0n) is 13.1. The van der Waals surface area contributed by atoms with E-state index < -0.39 is 9.84 Å². The molecule has 0 aliphatic heterocycles. The van der Waals surface area contributed by atoms with Crippen molar-refractivity contribution in [1.82, 2.24) is 0 Å². The number of H-pyrrole nitrogens is 1. The lowest BCUT2D eigenvalue weighted by Crippen LogP contribution is -2.27. The van der Waals surface area contributed by atoms with E-state index in [0.29, 0.717) is 15.6 Å². The molecule has 2 aromatic rings. The second kappa shape index (κ2) is 5.48. The molecule has 0 saturated carbocycles. The lowest BCUT2D eigenvalue weighted by atomic mass is 10.2. The van der Waals surface area contributed by atoms with Crippen LogP contribution in [0, 0.1) is 20.8 Å². The number of aryl methyl sites for hydroxylation is 3. The lowest BCUT2D eigenvalue weighted by Gasteiger charge is -2.14. The average Bonchev–Trinajstić information content (AvgIpc) is 2.37. The first kappa shape index (κ1) is 15.5. The van der Waals surface area contributed by atoms with Gasteiger partial charge < -0.3 is 0 Å². The van der Waals surface area contributed by atoms with Gasteiger partial charge in [0.2, 0.25) is 9.84 Å². The number of anilines is 1. The van der Waals surface area contributed by atoms with E-state index in [0.717, 1.165) is 16.8 Å². The summed E-state index contributed by atoms with van der Waals surface area (Å²) >= 11 is 0. The molecule has 1 heterocycles. The Kier molecular flexibility index (Phi) is 4.05. The highest BCUT2D eigenvalue weighted by atomic mass is 32.2. The first-order chi connectivity index (χ1) is 9.75. The van der Waals surface area contributed by atoms with Crippen LogP contribution in [0.4, 0.5) is 5.82 Å². The van der Waals surface area contributed by atoms with Crippen LogP contribution in [0.3, 0.4) is 0 Å². The number of aromatic nitrogens is 1. The van der Waals surface area contributed by atoms with Gasteiger partial charge in [0.1, 0.15) is 0 Å². The number of pyridine rings is 1. The summed E-state index contributed by atoms with van der Waals surface area (Å²) in [6.07, 6.45) is 0. The van der Waals surface area contributed by atoms with Gasteiger partial charge in [-0.05, 0) is 44.0 Å². The molecule has 0 saturated heterocycles. The molecule has 0 bridgehead atoms. The topological polar surface area (TPSA) is 51.5 Å². The van der Waals surface area contributed by atoms with E-state index in [-0.39, 0.29) is 0 Å². The van der Waals surface area contributed by atoms with E-state index in [1.54, 1.807) is 17.0 Å². The molecule has 1 N–H and O–H groups in total. The Morgan fingerprint density at radius 1 is 1.00 bits per heavy atom. The summed E-state index contributed by atoms with van der Waals surface area (Å²) in [7, 11) is 0.104. The van der Waals surface area contributed by atoms with E-state index in [1.807, 2.05) is 53.1 Å². The normalized spacial score (nSPS) is 11.5. The SMILES string of the molecule is Cc1cc(C)c(S(=O)(=O)c2ccccc2C)c(N(C)C)[nH+]1. The molecule has 0 spiro atoms. The van der Waals surface area contributed by atoms with Crippen molar-refractivity contribution in [2.24, 2.45) is 0 Å². The Morgan fingerprint density at radius 2 is 1.62 bits per heavy atom. The molecule has 4 nitrogen and oxygen atoms in total. The molecule has 21 heavy (non-hydrogen) atoms. The fraction of sp³-hybridized carbons (Fsp3) is 0.312. The Morgan fingerprint density at radius 3 is 2.19 bits per heavy atom. The van der Waals surface area contributed by atoms with Crippen molar-refractivity contribution in [2.45, 2.75) is 30.6 Å². The third kappa shape index (κ3) is 2.78. The van der Waals surface area contributed by atoms with Gasteiger partial charge in [-0.15, -0.1) is 0 Å². The van der Waals surface area contributed by atoms with Crippen LogP contribution in [-0.2, 0) is 9.84 Å². The first-order valence-corrected chi connectivity index (χ1v) is 8.25. The highest BCUT2D eigenvalue weighted by molar-refractivity contribution is 7.91. The molecular weight excluding hydrogens is 284 g/mol. The van der Waals surface area contributed by atoms with Crippen molar-refractivity contribution in [3.8, 4) is 0 Å². The number of aromatic amines is 1. The van der Waals surface area contributed by atoms with Gasteiger partial charge in [-0.3, -0.25) is 4.90 Å². The highest BCUT2D eigenvalue weighted by Gasteiger charge is 2.30. The van der Waals surface area contributed by atoms with Crippen molar-refractivity contribution in [3.63, 3.8) is 0 Å². The van der Waals surface area contributed by atoms with Crippen LogP contribution >= 0.6 is 0 Å². The van der Waals surface area contributed by atoms with E-state index in [4.69, 9.17) is 0 Å². The zero-order valence-corrected chi connectivity index (χ0v) is 13.9. The average molecular weight is 305 g/mol. The van der Waals surface area contributed by atoms with Crippen LogP contribution in [0.15, 0.2) is 40.1 Å². The van der Waals surface area contributed by atoms with Crippen molar-refractivity contribution < 1.29 is 13.4 Å². The number of sulfone groups is 1. The fourth-order valence-corrected chi connectivity index (χ4v) is 4.42. The minimum absolute atomic E-state index is 0.340. The van der Waals surface area contributed by atoms with Gasteiger partial charge in [-0.1, -0.05) is 18.2 Å². The fourth-order valence-electron chi connectivity index (χ4n) is 2.48. The zero-order chi connectivity index (χ0) is 15.8. The quantitative estimate of drug-likeness (QED) is 0.874. The maximum absolute atomic E-state index is 13.1. The van der Waals surface area contributed by atoms with Crippen LogP contribution in [0.2, 0.25) is 0 Å². The number of hydrogen-bond acceptors (Lipinski definition) is 3. The van der Waals surface area contributed by atoms with Crippen molar-refractivity contribution in [1.29, 1.82) is 0 Å². The summed E-state index contributed by atoms with van der Waals surface area (Å²) in [6.45, 7) is 5.57. The minimum atomic E-state index is -3.57. The van der Waals surface area contributed by atoms with E-state index in [2.05, 4.69) is 4.98 Å². The third-order valence-corrected chi connectivity index (χ3v) is 5.51. The molecule has 1 aromatic heterocycles. The predicted molar refractivity (Wildman–Crippen MR) is 83.4 cm³/mol. The number of benzene rings is 1. The Balaban J connectivity index is 2.80. The van der Waals surface area contributed by atoms with E-state index >= 15 is 0 Å². The van der Waals surface area contributed by atoms with Crippen LogP contribution in [-0.4, -0.2) is 22.5 Å². The molecular formula is C16H21N2O2S+. The van der Waals surface area contributed by atoms with Crippen molar-refractivity contribution in [3.05, 3.63) is 47.2 Å². The maximum Gasteiger partial charge on any atom is 0.293 e. The number of hydrogen-bond donors (Lipinski definition) is 0. The van der Waals surface area contributed by atoms with Gasteiger partial charge in [0.15, 0.2) is 4.90 Å². The monoisotopic (exact) mass is 305 g/mol. The van der Waals surface area contributed by atoms with Crippen LogP contribution in [0.1, 0.15) is 16.8 Å². The third-order valence-electron chi connectivity index (χ3n) is 3.42. The smallest absolute Gasteiger partial charge is 0.266 e. The van der Waals surface area contributed by atoms with Gasteiger partial charge in [0.25, 0.3) is 5.82 Å². The summed E-state index contributed by atoms with van der Waals surface area (Å²) < 4.78 is 26.1. The molecule has 0 amide bonds. The molecule has 0 aliphatic carbocycles. The molecule has 112 valence electrons. The number of rotatable bonds is 3. The maximum atomic E-state index is 13.1.